The molecule has 1 amide bonds. The molecule has 5 nitrogen and oxygen atoms in total. The topological polar surface area (TPSA) is 72.5 Å². The molecular weight excluding hydrogens is 346 g/mol. The van der Waals surface area contributed by atoms with E-state index >= 15 is 0 Å². The van der Waals surface area contributed by atoms with Crippen LogP contribution in [-0.4, -0.2) is 42.9 Å². The van der Waals surface area contributed by atoms with Crippen LogP contribution in [-0.2, 0) is 14.6 Å². The number of ether oxygens (including phenoxy) is 1. The Hall–Kier alpha value is -1.21. The minimum atomic E-state index is -2.89. The smallest absolute Gasteiger partial charge is 0.234 e. The van der Waals surface area contributed by atoms with Gasteiger partial charge in [-0.2, -0.15) is 0 Å². The zero-order chi connectivity index (χ0) is 17.0. The van der Waals surface area contributed by atoms with E-state index in [2.05, 4.69) is 5.32 Å². The van der Waals surface area contributed by atoms with Crippen molar-refractivity contribution in [1.29, 1.82) is 0 Å². The summed E-state index contributed by atoms with van der Waals surface area (Å²) in [5, 5.41) is 2.93. The number of hydrogen-bond acceptors (Lipinski definition) is 5. The molecule has 0 spiro atoms. The van der Waals surface area contributed by atoms with Crippen LogP contribution < -0.4 is 10.1 Å². The molecule has 1 aromatic rings. The molecule has 7 heteroatoms. The largest absolute Gasteiger partial charge is 0.488 e. The number of rotatable bonds is 6. The Bertz CT molecular complexity index is 684. The summed E-state index contributed by atoms with van der Waals surface area (Å²) in [6.07, 6.45) is 5.39. The highest BCUT2D eigenvalue weighted by Crippen LogP contribution is 2.30. The fraction of sp³-hybridized carbons (Fsp3) is 0.588. The lowest BCUT2D eigenvalue weighted by Gasteiger charge is -2.17. The number of sulfone groups is 1. The monoisotopic (exact) mass is 369 g/mol. The van der Waals surface area contributed by atoms with Gasteiger partial charge in [0.05, 0.1) is 29.0 Å². The summed E-state index contributed by atoms with van der Waals surface area (Å²) in [6.45, 7) is 0. The van der Waals surface area contributed by atoms with Gasteiger partial charge in [0.15, 0.2) is 9.84 Å². The van der Waals surface area contributed by atoms with Crippen molar-refractivity contribution in [3.05, 3.63) is 24.3 Å². The summed E-state index contributed by atoms with van der Waals surface area (Å²) in [5.74, 6) is 1.28. The second kappa shape index (κ2) is 7.78. The molecule has 0 bridgehead atoms. The van der Waals surface area contributed by atoms with Crippen molar-refractivity contribution in [1.82, 2.24) is 0 Å². The molecule has 24 heavy (non-hydrogen) atoms. The molecule has 1 aliphatic heterocycles. The normalized spacial score (nSPS) is 23.2. The average Bonchev–Trinajstić information content (AvgIpc) is 3.16. The van der Waals surface area contributed by atoms with Gasteiger partial charge < -0.3 is 10.1 Å². The summed E-state index contributed by atoms with van der Waals surface area (Å²) in [7, 11) is -2.89. The third-order valence-electron chi connectivity index (χ3n) is 4.40. The van der Waals surface area contributed by atoms with Crippen molar-refractivity contribution >= 4 is 33.2 Å². The van der Waals surface area contributed by atoms with Gasteiger partial charge in [-0.15, -0.1) is 11.8 Å². The lowest BCUT2D eigenvalue weighted by molar-refractivity contribution is -0.113. The number of para-hydroxylation sites is 2. The molecule has 0 aromatic heterocycles. The van der Waals surface area contributed by atoms with Crippen LogP contribution in [0.25, 0.3) is 0 Å². The van der Waals surface area contributed by atoms with E-state index in [9.17, 15) is 13.2 Å². The highest BCUT2D eigenvalue weighted by atomic mass is 32.2. The van der Waals surface area contributed by atoms with Crippen LogP contribution in [0.4, 0.5) is 5.69 Å². The number of thioether (sulfide) groups is 1. The van der Waals surface area contributed by atoms with Gasteiger partial charge in [0, 0.05) is 5.25 Å². The number of nitrogens with one attached hydrogen (secondary N) is 1. The summed E-state index contributed by atoms with van der Waals surface area (Å²) >= 11 is 1.42. The van der Waals surface area contributed by atoms with Crippen molar-refractivity contribution in [2.45, 2.75) is 43.5 Å². The van der Waals surface area contributed by atoms with Crippen LogP contribution in [0, 0.1) is 0 Å². The Morgan fingerprint density at radius 1 is 1.21 bits per heavy atom. The van der Waals surface area contributed by atoms with Gasteiger partial charge in [0.2, 0.25) is 5.91 Å². The highest BCUT2D eigenvalue weighted by Gasteiger charge is 2.28. The number of amides is 1. The molecule has 132 valence electrons. The van der Waals surface area contributed by atoms with E-state index in [1.807, 2.05) is 24.3 Å². The minimum Gasteiger partial charge on any atom is -0.488 e. The first-order valence-corrected chi connectivity index (χ1v) is 11.3. The molecule has 2 fully saturated rings. The quantitative estimate of drug-likeness (QED) is 0.835. The van der Waals surface area contributed by atoms with Crippen LogP contribution in [0.5, 0.6) is 5.75 Å². The zero-order valence-electron chi connectivity index (χ0n) is 13.6. The Morgan fingerprint density at radius 2 is 1.96 bits per heavy atom. The number of carbonyl (C=O) groups is 1. The van der Waals surface area contributed by atoms with E-state index in [0.717, 1.165) is 12.8 Å². The summed E-state index contributed by atoms with van der Waals surface area (Å²) < 4.78 is 28.9. The first-order chi connectivity index (χ1) is 11.5. The van der Waals surface area contributed by atoms with Gasteiger partial charge in [0.25, 0.3) is 0 Å². The van der Waals surface area contributed by atoms with E-state index in [1.54, 1.807) is 0 Å². The van der Waals surface area contributed by atoms with E-state index in [-0.39, 0.29) is 34.5 Å². The molecule has 1 saturated carbocycles. The maximum absolute atomic E-state index is 12.2. The Morgan fingerprint density at radius 3 is 2.67 bits per heavy atom. The molecule has 3 rings (SSSR count). The number of carbonyl (C=O) groups excluding carboxylic acids is 1. The second-order valence-electron chi connectivity index (χ2n) is 6.40. The third kappa shape index (κ3) is 4.89. The van der Waals surface area contributed by atoms with Crippen molar-refractivity contribution in [3.8, 4) is 5.75 Å². The van der Waals surface area contributed by atoms with Crippen LogP contribution in [0.3, 0.4) is 0 Å². The van der Waals surface area contributed by atoms with Crippen molar-refractivity contribution in [3.63, 3.8) is 0 Å². The second-order valence-corrected chi connectivity index (χ2v) is 9.92. The van der Waals surface area contributed by atoms with Gasteiger partial charge in [-0.05, 0) is 44.2 Å². The molecule has 0 unspecified atom stereocenters. The molecule has 1 aromatic carbocycles. The van der Waals surface area contributed by atoms with Crippen LogP contribution in [0.2, 0.25) is 0 Å². The predicted octanol–water partition coefficient (Wildman–Crippen LogP) is 2.87. The molecule has 1 aliphatic carbocycles. The third-order valence-corrected chi connectivity index (χ3v) is 7.68. The van der Waals surface area contributed by atoms with Gasteiger partial charge in [-0.25, -0.2) is 8.42 Å². The van der Waals surface area contributed by atoms with Crippen LogP contribution in [0.15, 0.2) is 24.3 Å². The first-order valence-electron chi connectivity index (χ1n) is 8.39. The molecular formula is C17H23NO4S2. The maximum Gasteiger partial charge on any atom is 0.234 e. The van der Waals surface area contributed by atoms with Crippen LogP contribution in [0.1, 0.15) is 32.1 Å². The van der Waals surface area contributed by atoms with Gasteiger partial charge >= 0.3 is 0 Å². The van der Waals surface area contributed by atoms with E-state index < -0.39 is 9.84 Å². The molecule has 1 heterocycles. The Labute approximate surface area is 147 Å². The van der Waals surface area contributed by atoms with Gasteiger partial charge in [-0.3, -0.25) is 4.79 Å². The lowest BCUT2D eigenvalue weighted by atomic mass is 10.2. The van der Waals surface area contributed by atoms with Gasteiger partial charge in [0.1, 0.15) is 5.75 Å². The Balaban J connectivity index is 1.52. The molecule has 1 saturated heterocycles. The standard InChI is InChI=1S/C17H23NO4S2/c19-17(11-23-14-9-10-24(20,21)12-14)18-15-7-3-4-8-16(15)22-13-5-1-2-6-13/h3-4,7-8,13-14H,1-2,5-6,9-12H2,(H,18,19)/t14-/m0/s1. The summed E-state index contributed by atoms with van der Waals surface area (Å²) in [5.41, 5.74) is 0.689. The molecule has 1 atom stereocenters. The Kier molecular flexibility index (Phi) is 5.71. The molecule has 2 aliphatic rings. The highest BCUT2D eigenvalue weighted by molar-refractivity contribution is 8.02. The van der Waals surface area contributed by atoms with E-state index in [0.29, 0.717) is 17.9 Å². The van der Waals surface area contributed by atoms with Crippen molar-refractivity contribution in [2.24, 2.45) is 0 Å². The predicted molar refractivity (Wildman–Crippen MR) is 97.5 cm³/mol. The van der Waals surface area contributed by atoms with E-state index in [1.165, 1.54) is 24.6 Å². The molecule has 0 radical (unpaired) electrons. The van der Waals surface area contributed by atoms with Crippen LogP contribution >= 0.6 is 11.8 Å². The van der Waals surface area contributed by atoms with Gasteiger partial charge in [-0.1, -0.05) is 12.1 Å². The number of benzene rings is 1. The van der Waals surface area contributed by atoms with Crippen molar-refractivity contribution in [2.75, 3.05) is 22.6 Å². The zero-order valence-corrected chi connectivity index (χ0v) is 15.2. The minimum absolute atomic E-state index is 0.0331. The van der Waals surface area contributed by atoms with E-state index in [4.69, 9.17) is 4.74 Å². The number of anilines is 1. The average molecular weight is 370 g/mol. The molecule has 1 N–H and O–H groups in total. The lowest BCUT2D eigenvalue weighted by Crippen LogP contribution is -2.19. The SMILES string of the molecule is O=C(CS[C@H]1CCS(=O)(=O)C1)Nc1ccccc1OC1CCCC1. The number of hydrogen-bond donors (Lipinski definition) is 1. The summed E-state index contributed by atoms with van der Waals surface area (Å²) in [6, 6.07) is 7.49. The maximum atomic E-state index is 12.2. The summed E-state index contributed by atoms with van der Waals surface area (Å²) in [4.78, 5) is 12.2. The first kappa shape index (κ1) is 17.6. The fourth-order valence-corrected chi connectivity index (χ4v) is 6.57. The van der Waals surface area contributed by atoms with Crippen molar-refractivity contribution < 1.29 is 17.9 Å². The fourth-order valence-electron chi connectivity index (χ4n) is 3.13.